The fourth-order valence-electron chi connectivity index (χ4n) is 3.65. The van der Waals surface area contributed by atoms with Crippen LogP contribution in [-0.4, -0.2) is 93.1 Å². The van der Waals surface area contributed by atoms with Crippen molar-refractivity contribution < 1.29 is 42.8 Å². The van der Waals surface area contributed by atoms with Gasteiger partial charge in [-0.05, 0) is 38.4 Å². The lowest BCUT2D eigenvalue weighted by Gasteiger charge is -2.48. The Morgan fingerprint density at radius 3 is 2.70 bits per heavy atom. The summed E-state index contributed by atoms with van der Waals surface area (Å²) in [5.74, 6) is -2.45. The molecule has 2 N–H and O–H groups in total. The number of hydrogen-bond donors (Lipinski definition) is 2. The lowest BCUT2D eigenvalue weighted by atomic mass is 10.0. The van der Waals surface area contributed by atoms with Gasteiger partial charge in [0.15, 0.2) is 23.2 Å². The molecule has 216 valence electrons. The minimum Gasteiger partial charge on any atom is -0.614 e. The van der Waals surface area contributed by atoms with Crippen molar-refractivity contribution >= 4 is 83.2 Å². The molecule has 1 aromatic heterocycles. The Morgan fingerprint density at radius 1 is 1.43 bits per heavy atom. The van der Waals surface area contributed by atoms with Crippen LogP contribution in [0.4, 0.5) is 9.93 Å². The maximum absolute atomic E-state index is 13.3. The second-order valence-corrected chi connectivity index (χ2v) is 12.1. The molecule has 0 radical (unpaired) electrons. The summed E-state index contributed by atoms with van der Waals surface area (Å²) < 4.78 is 22.7. The highest BCUT2D eigenvalue weighted by Crippen LogP contribution is 2.36. The second kappa shape index (κ2) is 13.0. The first-order chi connectivity index (χ1) is 18.8. The fourth-order valence-corrected chi connectivity index (χ4v) is 6.38. The molecule has 18 heteroatoms. The highest BCUT2D eigenvalue weighted by Gasteiger charge is 2.59. The van der Waals surface area contributed by atoms with Gasteiger partial charge in [-0.2, -0.15) is 0 Å². The van der Waals surface area contributed by atoms with Gasteiger partial charge in [-0.1, -0.05) is 12.1 Å². The van der Waals surface area contributed by atoms with Crippen molar-refractivity contribution in [2.45, 2.75) is 57.2 Å². The van der Waals surface area contributed by atoms with Crippen LogP contribution in [0.3, 0.4) is 0 Å². The summed E-state index contributed by atoms with van der Waals surface area (Å²) in [6, 6.07) is -1.24. The van der Waals surface area contributed by atoms with E-state index in [4.69, 9.17) is 21.2 Å². The van der Waals surface area contributed by atoms with Gasteiger partial charge < -0.3 is 24.1 Å². The predicted octanol–water partition coefficient (Wildman–Crippen LogP) is 0.188. The van der Waals surface area contributed by atoms with Gasteiger partial charge in [0.1, 0.15) is 17.0 Å². The molecule has 0 aromatic carbocycles. The number of aromatic nitrogens is 1. The van der Waals surface area contributed by atoms with Crippen LogP contribution in [0.2, 0.25) is 0 Å². The molecule has 3 amide bonds. The molecular weight excluding hydrogens is 589 g/mol. The van der Waals surface area contributed by atoms with Gasteiger partial charge >= 0.3 is 20.1 Å². The fraction of sp³-hybridized carbons (Fsp3) is 0.500. The van der Waals surface area contributed by atoms with E-state index in [1.165, 1.54) is 5.38 Å². The van der Waals surface area contributed by atoms with Crippen molar-refractivity contribution in [2.24, 2.45) is 5.16 Å². The number of thiazole rings is 1. The molecule has 3 rings (SSSR count). The van der Waals surface area contributed by atoms with Crippen molar-refractivity contribution in [1.82, 2.24) is 15.2 Å². The van der Waals surface area contributed by atoms with Crippen molar-refractivity contribution in [2.75, 3.05) is 16.9 Å². The lowest BCUT2D eigenvalue weighted by molar-refractivity contribution is -0.147. The molecule has 4 atom stereocenters. The zero-order valence-electron chi connectivity index (χ0n) is 22.2. The topological polar surface area (TPSA) is 189 Å². The molecule has 1 unspecified atom stereocenters. The number of alkyl halides is 1. The van der Waals surface area contributed by atoms with Crippen LogP contribution in [0.5, 0.6) is 0 Å². The first-order valence-corrected chi connectivity index (χ1v) is 14.7. The number of amides is 3. The van der Waals surface area contributed by atoms with E-state index in [1.807, 2.05) is 0 Å². The Hall–Kier alpha value is -3.15. The largest absolute Gasteiger partial charge is 0.614 e. The number of oxime groups is 1. The summed E-state index contributed by atoms with van der Waals surface area (Å²) in [7, 11) is 1.16. The number of allylic oxidation sites excluding steroid dienone is 1. The molecule has 0 saturated carbocycles. The SMILES string of the molecule is BOC(=O)[C@H](CC)O/N=C(\C(=O)N[C@@H]1C(=O)N2C(C=O)=C(CCl)C[S+]([O-])[C@H]12)c1csc(NC(=O)OC(C)(C)C)n1. The summed E-state index contributed by atoms with van der Waals surface area (Å²) in [5.41, 5.74) is -0.871. The molecule has 3 heterocycles. The molecule has 40 heavy (non-hydrogen) atoms. The van der Waals surface area contributed by atoms with E-state index in [9.17, 15) is 28.5 Å². The standard InChI is InChI=1S/C22H27BClN5O9S2/c1-5-13(19(33)37-23)38-28-14(11-8-39-20(25-11)27-21(34)36-22(2,3)4)16(31)26-15-17(32)29-12(7-30)10(6-24)9-40(35)18(15)29/h7-8,13,15,18H,5-6,9,23H2,1-4H3,(H,26,31)(H,25,27,34)/b28-14-/t13-,15+,18+,40?/m0/s1. The van der Waals surface area contributed by atoms with E-state index in [0.29, 0.717) is 11.9 Å². The van der Waals surface area contributed by atoms with Gasteiger partial charge in [-0.25, -0.2) is 14.6 Å². The van der Waals surface area contributed by atoms with Gasteiger partial charge in [0.05, 0.1) is 11.6 Å². The maximum atomic E-state index is 13.3. The van der Waals surface area contributed by atoms with Gasteiger partial charge in [0.2, 0.25) is 11.5 Å². The van der Waals surface area contributed by atoms with Crippen molar-refractivity contribution in [1.29, 1.82) is 0 Å². The predicted molar refractivity (Wildman–Crippen MR) is 148 cm³/mol. The molecule has 0 bridgehead atoms. The monoisotopic (exact) mass is 615 g/mol. The molecule has 0 aliphatic carbocycles. The third-order valence-corrected chi connectivity index (χ3v) is 8.22. The Bertz CT molecular complexity index is 1250. The average Bonchev–Trinajstić information content (AvgIpc) is 3.34. The Balaban J connectivity index is 1.86. The van der Waals surface area contributed by atoms with Gasteiger partial charge in [-0.3, -0.25) is 24.6 Å². The van der Waals surface area contributed by atoms with Crippen LogP contribution in [-0.2, 0) is 44.6 Å². The first-order valence-electron chi connectivity index (χ1n) is 11.9. The zero-order chi connectivity index (χ0) is 29.8. The number of aldehydes is 1. The summed E-state index contributed by atoms with van der Waals surface area (Å²) in [5, 5.41) is 9.20. The lowest BCUT2D eigenvalue weighted by Crippen LogP contribution is -2.74. The van der Waals surface area contributed by atoms with Crippen LogP contribution in [0, 0.1) is 0 Å². The number of nitrogens with one attached hydrogen (secondary N) is 2. The number of anilines is 1. The van der Waals surface area contributed by atoms with Crippen LogP contribution < -0.4 is 10.6 Å². The molecule has 2 aliphatic heterocycles. The number of β-lactam (4-membered cyclic amide) rings is 1. The highest BCUT2D eigenvalue weighted by molar-refractivity contribution is 7.92. The molecule has 0 spiro atoms. The van der Waals surface area contributed by atoms with Crippen molar-refractivity contribution in [3.05, 3.63) is 22.3 Å². The van der Waals surface area contributed by atoms with Crippen molar-refractivity contribution in [3.63, 3.8) is 0 Å². The molecule has 14 nitrogen and oxygen atoms in total. The quantitative estimate of drug-likeness (QED) is 0.0699. The number of carbonyl (C=O) groups excluding carboxylic acids is 5. The summed E-state index contributed by atoms with van der Waals surface area (Å²) in [6.07, 6.45) is -1.30. The summed E-state index contributed by atoms with van der Waals surface area (Å²) in [4.78, 5) is 72.4. The van der Waals surface area contributed by atoms with E-state index < -0.39 is 63.9 Å². The van der Waals surface area contributed by atoms with E-state index in [0.717, 1.165) is 24.3 Å². The van der Waals surface area contributed by atoms with E-state index in [1.54, 1.807) is 27.7 Å². The van der Waals surface area contributed by atoms with Crippen LogP contribution >= 0.6 is 22.9 Å². The number of hydrogen-bond acceptors (Lipinski definition) is 12. The van der Waals surface area contributed by atoms with Crippen LogP contribution in [0.15, 0.2) is 21.8 Å². The average molecular weight is 616 g/mol. The number of rotatable bonds is 10. The summed E-state index contributed by atoms with van der Waals surface area (Å²) in [6.45, 7) is 6.69. The minimum atomic E-state index is -1.65. The van der Waals surface area contributed by atoms with E-state index in [-0.39, 0.29) is 34.6 Å². The molecule has 2 aliphatic rings. The van der Waals surface area contributed by atoms with Crippen LogP contribution in [0.1, 0.15) is 39.8 Å². The Morgan fingerprint density at radius 2 is 2.12 bits per heavy atom. The van der Waals surface area contributed by atoms with Crippen molar-refractivity contribution in [3.8, 4) is 0 Å². The molecule has 1 saturated heterocycles. The van der Waals surface area contributed by atoms with Gasteiger partial charge in [0.25, 0.3) is 11.8 Å². The maximum Gasteiger partial charge on any atom is 0.413 e. The Labute approximate surface area is 242 Å². The van der Waals surface area contributed by atoms with Crippen LogP contribution in [0.25, 0.3) is 0 Å². The third-order valence-electron chi connectivity index (χ3n) is 5.49. The molecule has 1 fully saturated rings. The highest BCUT2D eigenvalue weighted by atomic mass is 35.5. The zero-order valence-corrected chi connectivity index (χ0v) is 24.6. The smallest absolute Gasteiger partial charge is 0.413 e. The van der Waals surface area contributed by atoms with E-state index >= 15 is 0 Å². The number of carbonyl (C=O) groups is 5. The van der Waals surface area contributed by atoms with Gasteiger partial charge in [-0.15, -0.1) is 22.9 Å². The molecule has 1 aromatic rings. The minimum absolute atomic E-state index is 0.0218. The number of ether oxygens (including phenoxy) is 1. The number of fused-ring (bicyclic) bond motifs is 1. The van der Waals surface area contributed by atoms with Gasteiger partial charge in [0, 0.05) is 11.0 Å². The summed E-state index contributed by atoms with van der Waals surface area (Å²) >= 11 is 5.14. The first kappa shape index (κ1) is 31.4. The number of nitrogens with zero attached hydrogens (tertiary/aromatic N) is 3. The second-order valence-electron chi connectivity index (χ2n) is 9.45. The third kappa shape index (κ3) is 6.94. The Kier molecular flexibility index (Phi) is 10.2. The normalized spacial score (nSPS) is 21.6. The van der Waals surface area contributed by atoms with E-state index in [2.05, 4.69) is 25.4 Å². The number of halogens is 1. The molecular formula is C22H27BClN5O9S2.